The third-order valence-corrected chi connectivity index (χ3v) is 5.65. The van der Waals surface area contributed by atoms with Gasteiger partial charge in [-0.2, -0.15) is 0 Å². The lowest BCUT2D eigenvalue weighted by atomic mass is 9.85. The van der Waals surface area contributed by atoms with Crippen molar-refractivity contribution in [3.05, 3.63) is 16.1 Å². The molecule has 0 radical (unpaired) electrons. The highest BCUT2D eigenvalue weighted by molar-refractivity contribution is 7.11. The van der Waals surface area contributed by atoms with E-state index in [1.165, 1.54) is 30.6 Å². The summed E-state index contributed by atoms with van der Waals surface area (Å²) in [6.45, 7) is 2.20. The van der Waals surface area contributed by atoms with Gasteiger partial charge in [-0.1, -0.05) is 6.92 Å². The molecule has 2 saturated carbocycles. The smallest absolute Gasteiger partial charge is 0.263 e. The molecule has 1 heterocycles. The summed E-state index contributed by atoms with van der Waals surface area (Å²) in [5.41, 5.74) is 2.61. The largest absolute Gasteiger partial charge is 0.396 e. The number of nitrogens with zero attached hydrogens (tertiary/aromatic N) is 1. The van der Waals surface area contributed by atoms with Crippen LogP contribution in [-0.4, -0.2) is 28.6 Å². The van der Waals surface area contributed by atoms with Crippen LogP contribution in [0.2, 0.25) is 0 Å². The van der Waals surface area contributed by atoms with Crippen molar-refractivity contribution in [3.8, 4) is 0 Å². The van der Waals surface area contributed by atoms with E-state index in [0.29, 0.717) is 11.8 Å². The predicted molar refractivity (Wildman–Crippen MR) is 74.2 cm³/mol. The van der Waals surface area contributed by atoms with Crippen molar-refractivity contribution >= 4 is 17.2 Å². The topological polar surface area (TPSA) is 62.2 Å². The predicted octanol–water partition coefficient (Wildman–Crippen LogP) is 1.84. The molecule has 4 unspecified atom stereocenters. The molecule has 2 aliphatic rings. The highest BCUT2D eigenvalue weighted by Crippen LogP contribution is 2.48. The minimum Gasteiger partial charge on any atom is -0.396 e. The minimum absolute atomic E-state index is 0.00431. The Bertz CT molecular complexity index is 474. The van der Waals surface area contributed by atoms with Crippen LogP contribution in [0.4, 0.5) is 0 Å². The van der Waals surface area contributed by atoms with Crippen LogP contribution in [0.25, 0.3) is 0 Å². The number of aliphatic hydroxyl groups excluding tert-OH is 1. The van der Waals surface area contributed by atoms with Crippen LogP contribution >= 0.6 is 11.3 Å². The molecule has 2 fully saturated rings. The van der Waals surface area contributed by atoms with Gasteiger partial charge < -0.3 is 10.4 Å². The lowest BCUT2D eigenvalue weighted by Crippen LogP contribution is -2.45. The van der Waals surface area contributed by atoms with E-state index >= 15 is 0 Å². The molecule has 0 saturated heterocycles. The molecule has 4 atom stereocenters. The molecule has 1 amide bonds. The molecule has 1 aromatic heterocycles. The number of aliphatic hydroxyl groups is 1. The summed E-state index contributed by atoms with van der Waals surface area (Å²) >= 11 is 1.41. The zero-order chi connectivity index (χ0) is 13.4. The standard InChI is InChI=1S/C14H20N2O2S/c1-2-11-13(19-7-15-11)14(18)16-12-9-4-3-8(5-9)10(12)6-17/h7-10,12,17H,2-6H2,1H3,(H,16,18). The maximum absolute atomic E-state index is 12.4. The van der Waals surface area contributed by atoms with Gasteiger partial charge in [0.15, 0.2) is 0 Å². The van der Waals surface area contributed by atoms with E-state index in [2.05, 4.69) is 10.3 Å². The van der Waals surface area contributed by atoms with Crippen LogP contribution in [-0.2, 0) is 6.42 Å². The molecule has 2 aliphatic carbocycles. The van der Waals surface area contributed by atoms with E-state index in [-0.39, 0.29) is 24.5 Å². The summed E-state index contributed by atoms with van der Waals surface area (Å²) in [5.74, 6) is 1.41. The van der Waals surface area contributed by atoms with Crippen molar-refractivity contribution in [2.75, 3.05) is 6.61 Å². The number of hydrogen-bond acceptors (Lipinski definition) is 4. The first-order valence-electron chi connectivity index (χ1n) is 7.08. The average Bonchev–Trinajstić information content (AvgIpc) is 3.13. The number of hydrogen-bond donors (Lipinski definition) is 2. The van der Waals surface area contributed by atoms with Crippen molar-refractivity contribution in [3.63, 3.8) is 0 Å². The molecule has 104 valence electrons. The second-order valence-electron chi connectivity index (χ2n) is 5.66. The van der Waals surface area contributed by atoms with Crippen molar-refractivity contribution in [2.24, 2.45) is 17.8 Å². The summed E-state index contributed by atoms with van der Waals surface area (Å²) in [6.07, 6.45) is 4.35. The van der Waals surface area contributed by atoms with E-state index in [4.69, 9.17) is 0 Å². The highest BCUT2D eigenvalue weighted by Gasteiger charge is 2.47. The molecule has 2 N–H and O–H groups in total. The normalized spacial score (nSPS) is 32.7. The molecule has 19 heavy (non-hydrogen) atoms. The molecule has 1 aromatic rings. The second kappa shape index (κ2) is 5.21. The lowest BCUT2D eigenvalue weighted by molar-refractivity contribution is 0.0864. The van der Waals surface area contributed by atoms with Gasteiger partial charge >= 0.3 is 0 Å². The van der Waals surface area contributed by atoms with Gasteiger partial charge in [-0.05, 0) is 37.5 Å². The Hall–Kier alpha value is -0.940. The van der Waals surface area contributed by atoms with E-state index in [0.717, 1.165) is 17.0 Å². The Balaban J connectivity index is 1.73. The number of thiazole rings is 1. The number of rotatable bonds is 4. The maximum Gasteiger partial charge on any atom is 0.263 e. The van der Waals surface area contributed by atoms with Gasteiger partial charge in [0, 0.05) is 18.6 Å². The lowest BCUT2D eigenvalue weighted by Gasteiger charge is -2.30. The summed E-state index contributed by atoms with van der Waals surface area (Å²) in [7, 11) is 0. The fourth-order valence-electron chi connectivity index (χ4n) is 3.82. The third kappa shape index (κ3) is 2.19. The summed E-state index contributed by atoms with van der Waals surface area (Å²) in [6, 6.07) is 0.156. The van der Waals surface area contributed by atoms with Crippen LogP contribution in [0.1, 0.15) is 41.6 Å². The number of aryl methyl sites for hydroxylation is 1. The monoisotopic (exact) mass is 280 g/mol. The fraction of sp³-hybridized carbons (Fsp3) is 0.714. The van der Waals surface area contributed by atoms with Crippen molar-refractivity contribution in [1.82, 2.24) is 10.3 Å². The Morgan fingerprint density at radius 1 is 1.53 bits per heavy atom. The maximum atomic E-state index is 12.4. The summed E-state index contributed by atoms with van der Waals surface area (Å²) < 4.78 is 0. The fourth-order valence-corrected chi connectivity index (χ4v) is 4.61. The Morgan fingerprint density at radius 3 is 3.05 bits per heavy atom. The van der Waals surface area contributed by atoms with E-state index in [9.17, 15) is 9.90 Å². The number of aromatic nitrogens is 1. The molecule has 2 bridgehead atoms. The molecule has 4 nitrogen and oxygen atoms in total. The summed E-state index contributed by atoms with van der Waals surface area (Å²) in [5, 5.41) is 12.7. The van der Waals surface area contributed by atoms with E-state index in [1.807, 2.05) is 6.92 Å². The van der Waals surface area contributed by atoms with Crippen LogP contribution < -0.4 is 5.32 Å². The van der Waals surface area contributed by atoms with Crippen LogP contribution in [0.15, 0.2) is 5.51 Å². The van der Waals surface area contributed by atoms with E-state index in [1.54, 1.807) is 5.51 Å². The Morgan fingerprint density at radius 2 is 2.32 bits per heavy atom. The number of amides is 1. The first-order chi connectivity index (χ1) is 9.24. The van der Waals surface area contributed by atoms with Gasteiger partial charge in [0.05, 0.1) is 11.2 Å². The quantitative estimate of drug-likeness (QED) is 0.884. The SMILES string of the molecule is CCc1ncsc1C(=O)NC1C2CCC(C2)C1CO. The van der Waals surface area contributed by atoms with Gasteiger partial charge in [0.25, 0.3) is 5.91 Å². The number of fused-ring (bicyclic) bond motifs is 2. The van der Waals surface area contributed by atoms with Crippen LogP contribution in [0.3, 0.4) is 0 Å². The number of nitrogens with one attached hydrogen (secondary N) is 1. The number of carbonyl (C=O) groups excluding carboxylic acids is 1. The minimum atomic E-state index is -0.00431. The first kappa shape index (κ1) is 13.1. The van der Waals surface area contributed by atoms with Gasteiger partial charge in [-0.25, -0.2) is 4.98 Å². The third-order valence-electron chi connectivity index (χ3n) is 4.78. The van der Waals surface area contributed by atoms with E-state index < -0.39 is 0 Å². The average molecular weight is 280 g/mol. The van der Waals surface area contributed by atoms with Gasteiger partial charge in [0.2, 0.25) is 0 Å². The molecular formula is C14H20N2O2S. The molecular weight excluding hydrogens is 260 g/mol. The summed E-state index contributed by atoms with van der Waals surface area (Å²) in [4.78, 5) is 17.3. The van der Waals surface area contributed by atoms with Crippen molar-refractivity contribution < 1.29 is 9.90 Å². The molecule has 0 spiro atoms. The molecule has 0 aromatic carbocycles. The Labute approximate surface area is 117 Å². The van der Waals surface area contributed by atoms with Crippen LogP contribution in [0.5, 0.6) is 0 Å². The molecule has 5 heteroatoms. The Kier molecular flexibility index (Phi) is 3.58. The van der Waals surface area contributed by atoms with Gasteiger partial charge in [-0.15, -0.1) is 11.3 Å². The highest BCUT2D eigenvalue weighted by atomic mass is 32.1. The zero-order valence-electron chi connectivity index (χ0n) is 11.1. The number of carbonyl (C=O) groups is 1. The van der Waals surface area contributed by atoms with Crippen molar-refractivity contribution in [2.45, 2.75) is 38.6 Å². The molecule has 3 rings (SSSR count). The molecule has 0 aliphatic heterocycles. The second-order valence-corrected chi connectivity index (χ2v) is 6.52. The van der Waals surface area contributed by atoms with Crippen molar-refractivity contribution in [1.29, 1.82) is 0 Å². The first-order valence-corrected chi connectivity index (χ1v) is 7.96. The zero-order valence-corrected chi connectivity index (χ0v) is 11.9. The van der Waals surface area contributed by atoms with Gasteiger partial charge in [-0.3, -0.25) is 4.79 Å². The van der Waals surface area contributed by atoms with Gasteiger partial charge in [0.1, 0.15) is 4.88 Å². The van der Waals surface area contributed by atoms with Crippen LogP contribution in [0, 0.1) is 17.8 Å².